The van der Waals surface area contributed by atoms with Crippen molar-refractivity contribution in [1.82, 2.24) is 29.4 Å². The van der Waals surface area contributed by atoms with Crippen molar-refractivity contribution in [3.63, 3.8) is 0 Å². The summed E-state index contributed by atoms with van der Waals surface area (Å²) >= 11 is 0. The maximum atomic E-state index is 13.3. The van der Waals surface area contributed by atoms with Gasteiger partial charge >= 0.3 is 0 Å². The fourth-order valence-electron chi connectivity index (χ4n) is 5.22. The molecule has 0 N–H and O–H groups in total. The van der Waals surface area contributed by atoms with Gasteiger partial charge in [-0.1, -0.05) is 19.3 Å². The van der Waals surface area contributed by atoms with Crippen LogP contribution in [-0.2, 0) is 16.8 Å². The zero-order chi connectivity index (χ0) is 25.4. The van der Waals surface area contributed by atoms with E-state index in [0.29, 0.717) is 47.1 Å². The van der Waals surface area contributed by atoms with Crippen LogP contribution in [0.5, 0.6) is 0 Å². The van der Waals surface area contributed by atoms with E-state index in [0.717, 1.165) is 29.8 Å². The molecule has 2 fully saturated rings. The van der Waals surface area contributed by atoms with Gasteiger partial charge in [0.25, 0.3) is 0 Å². The first-order valence-electron chi connectivity index (χ1n) is 12.7. The summed E-state index contributed by atoms with van der Waals surface area (Å²) in [5, 5.41) is 18.3. The van der Waals surface area contributed by atoms with E-state index in [2.05, 4.69) is 21.2 Å². The summed E-state index contributed by atoms with van der Waals surface area (Å²) in [6.45, 7) is 1.36. The van der Waals surface area contributed by atoms with Gasteiger partial charge in [-0.3, -0.25) is 4.68 Å². The average Bonchev–Trinajstić information content (AvgIpc) is 3.55. The molecule has 4 aromatic heterocycles. The van der Waals surface area contributed by atoms with Crippen LogP contribution in [0, 0.1) is 11.3 Å². The number of hydrogen-bond donors (Lipinski definition) is 0. The van der Waals surface area contributed by atoms with Crippen molar-refractivity contribution in [3.05, 3.63) is 48.7 Å². The summed E-state index contributed by atoms with van der Waals surface area (Å²) in [4.78, 5) is 11.8. The van der Waals surface area contributed by atoms with Crippen molar-refractivity contribution in [2.75, 3.05) is 29.5 Å². The Morgan fingerprint density at radius 3 is 2.51 bits per heavy atom. The van der Waals surface area contributed by atoms with Gasteiger partial charge in [-0.05, 0) is 25.0 Å². The average molecular weight is 516 g/mol. The molecule has 0 amide bonds. The standard InChI is InChI=1S/C26H29N9OS/c1-33-17-21(16-29-33)23-18-35-26(20(13-27)15-30-35)25(31-23)19-7-8-24(28-14-19)34-9-11-37(36,12-10-34)32-22-5-3-2-4-6-22/h7-8,14-18,22H,2-6,9-12H2,1H3. The van der Waals surface area contributed by atoms with Gasteiger partial charge in [0.15, 0.2) is 0 Å². The molecule has 0 bridgehead atoms. The summed E-state index contributed by atoms with van der Waals surface area (Å²) in [5.74, 6) is 2.02. The van der Waals surface area contributed by atoms with E-state index < -0.39 is 9.73 Å². The van der Waals surface area contributed by atoms with Gasteiger partial charge in [0.05, 0.1) is 45.7 Å². The molecule has 1 aliphatic carbocycles. The number of fused-ring (bicyclic) bond motifs is 1. The molecule has 0 spiro atoms. The van der Waals surface area contributed by atoms with E-state index in [1.165, 1.54) is 19.3 Å². The molecule has 4 aromatic rings. The number of anilines is 1. The predicted molar refractivity (Wildman–Crippen MR) is 143 cm³/mol. The Morgan fingerprint density at radius 2 is 1.84 bits per heavy atom. The zero-order valence-electron chi connectivity index (χ0n) is 20.8. The quantitative estimate of drug-likeness (QED) is 0.407. The van der Waals surface area contributed by atoms with Crippen molar-refractivity contribution < 1.29 is 4.21 Å². The highest BCUT2D eigenvalue weighted by Crippen LogP contribution is 2.30. The summed E-state index contributed by atoms with van der Waals surface area (Å²) < 4.78 is 21.6. The second kappa shape index (κ2) is 9.59. The maximum absolute atomic E-state index is 13.3. The Bertz CT molecular complexity index is 1590. The van der Waals surface area contributed by atoms with Gasteiger partial charge in [0, 0.05) is 55.2 Å². The molecular weight excluding hydrogens is 486 g/mol. The van der Waals surface area contributed by atoms with Gasteiger partial charge in [-0.2, -0.15) is 15.5 Å². The second-order valence-corrected chi connectivity index (χ2v) is 12.4. The number of hydrogen-bond acceptors (Lipinski definition) is 8. The van der Waals surface area contributed by atoms with E-state index in [1.807, 2.05) is 31.6 Å². The lowest BCUT2D eigenvalue weighted by Gasteiger charge is -2.31. The van der Waals surface area contributed by atoms with Gasteiger partial charge in [0.1, 0.15) is 23.0 Å². The molecule has 0 aromatic carbocycles. The molecule has 0 radical (unpaired) electrons. The molecule has 1 saturated heterocycles. The van der Waals surface area contributed by atoms with Crippen molar-refractivity contribution in [2.24, 2.45) is 11.4 Å². The zero-order valence-corrected chi connectivity index (χ0v) is 21.6. The maximum Gasteiger partial charge on any atom is 0.128 e. The van der Waals surface area contributed by atoms with Crippen LogP contribution in [-0.4, -0.2) is 64.2 Å². The molecule has 11 heteroatoms. The Balaban J connectivity index is 1.27. The van der Waals surface area contributed by atoms with Crippen LogP contribution >= 0.6 is 0 Å². The largest absolute Gasteiger partial charge is 0.355 e. The van der Waals surface area contributed by atoms with Crippen LogP contribution in [0.25, 0.3) is 28.0 Å². The van der Waals surface area contributed by atoms with Crippen molar-refractivity contribution >= 4 is 21.1 Å². The molecule has 0 atom stereocenters. The Hall–Kier alpha value is -3.78. The molecule has 5 heterocycles. The lowest BCUT2D eigenvalue weighted by molar-refractivity contribution is 0.444. The third kappa shape index (κ3) is 4.69. The second-order valence-electron chi connectivity index (χ2n) is 9.81. The highest BCUT2D eigenvalue weighted by molar-refractivity contribution is 7.93. The molecule has 1 saturated carbocycles. The first-order valence-corrected chi connectivity index (χ1v) is 14.6. The van der Waals surface area contributed by atoms with Gasteiger partial charge in [-0.15, -0.1) is 0 Å². The Labute approximate surface area is 216 Å². The number of nitriles is 1. The molecule has 6 rings (SSSR count). The lowest BCUT2D eigenvalue weighted by atomic mass is 9.97. The molecule has 190 valence electrons. The van der Waals surface area contributed by atoms with Gasteiger partial charge < -0.3 is 4.90 Å². The normalized spacial score (nSPS) is 18.1. The topological polar surface area (TPSA) is 117 Å². The van der Waals surface area contributed by atoms with Crippen LogP contribution in [0.3, 0.4) is 0 Å². The first kappa shape index (κ1) is 23.6. The number of aryl methyl sites for hydroxylation is 1. The third-order valence-corrected chi connectivity index (χ3v) is 9.56. The van der Waals surface area contributed by atoms with E-state index in [9.17, 15) is 9.47 Å². The molecule has 2 aliphatic rings. The molecular formula is C26H29N9OS. The van der Waals surface area contributed by atoms with E-state index in [-0.39, 0.29) is 6.04 Å². The number of aromatic nitrogens is 6. The first-order chi connectivity index (χ1) is 18.0. The van der Waals surface area contributed by atoms with Crippen LogP contribution in [0.1, 0.15) is 37.7 Å². The van der Waals surface area contributed by atoms with Gasteiger partial charge in [0.2, 0.25) is 0 Å². The van der Waals surface area contributed by atoms with Crippen LogP contribution in [0.2, 0.25) is 0 Å². The molecule has 37 heavy (non-hydrogen) atoms. The summed E-state index contributed by atoms with van der Waals surface area (Å²) in [7, 11) is -0.281. The predicted octanol–water partition coefficient (Wildman–Crippen LogP) is 3.68. The highest BCUT2D eigenvalue weighted by atomic mass is 32.2. The number of pyridine rings is 1. The lowest BCUT2D eigenvalue weighted by Crippen LogP contribution is -2.41. The minimum Gasteiger partial charge on any atom is -0.355 e. The Morgan fingerprint density at radius 1 is 1.03 bits per heavy atom. The van der Waals surface area contributed by atoms with E-state index >= 15 is 0 Å². The minimum absolute atomic E-state index is 0.277. The van der Waals surface area contributed by atoms with E-state index in [4.69, 9.17) is 14.3 Å². The van der Waals surface area contributed by atoms with E-state index in [1.54, 1.807) is 27.8 Å². The van der Waals surface area contributed by atoms with Crippen LogP contribution in [0.4, 0.5) is 5.82 Å². The van der Waals surface area contributed by atoms with Gasteiger partial charge in [-0.25, -0.2) is 23.1 Å². The Kier molecular flexibility index (Phi) is 6.12. The summed E-state index contributed by atoms with van der Waals surface area (Å²) in [6, 6.07) is 6.44. The monoisotopic (exact) mass is 515 g/mol. The number of rotatable bonds is 4. The molecule has 1 aliphatic heterocycles. The van der Waals surface area contributed by atoms with Crippen molar-refractivity contribution in [2.45, 2.75) is 38.1 Å². The molecule has 10 nitrogen and oxygen atoms in total. The summed E-state index contributed by atoms with van der Waals surface area (Å²) in [6.07, 6.45) is 14.6. The van der Waals surface area contributed by atoms with Crippen molar-refractivity contribution in [3.8, 4) is 28.6 Å². The fraction of sp³-hybridized carbons (Fsp3) is 0.423. The third-order valence-electron chi connectivity index (χ3n) is 7.24. The smallest absolute Gasteiger partial charge is 0.128 e. The minimum atomic E-state index is -2.14. The highest BCUT2D eigenvalue weighted by Gasteiger charge is 2.24. The number of nitrogens with zero attached hydrogens (tertiary/aromatic N) is 9. The SMILES string of the molecule is Cn1cc(-c2cn3ncc(C#N)c3c(-c3ccc(N4CCS(=O)(=NC5CCCCC5)CC4)nc3)n2)cn1. The fourth-order valence-corrected chi connectivity index (χ4v) is 7.40. The summed E-state index contributed by atoms with van der Waals surface area (Å²) in [5.41, 5.74) is 4.11. The molecule has 0 unspecified atom stereocenters. The van der Waals surface area contributed by atoms with Crippen LogP contribution < -0.4 is 4.90 Å². The van der Waals surface area contributed by atoms with Crippen LogP contribution in [0.15, 0.2) is 47.5 Å². The van der Waals surface area contributed by atoms with Crippen molar-refractivity contribution in [1.29, 1.82) is 5.26 Å².